The van der Waals surface area contributed by atoms with Gasteiger partial charge in [0.25, 0.3) is 11.9 Å². The third-order valence-corrected chi connectivity index (χ3v) is 12.5. The zero-order valence-corrected chi connectivity index (χ0v) is 37.0. The molecule has 1 aromatic carbocycles. The molecule has 3 aliphatic rings. The number of aromatic nitrogens is 3. The monoisotopic (exact) mass is 852 g/mol. The lowest BCUT2D eigenvalue weighted by Gasteiger charge is -2.30. The summed E-state index contributed by atoms with van der Waals surface area (Å²) in [6, 6.07) is 3.71. The van der Waals surface area contributed by atoms with Crippen LogP contribution in [0.4, 0.5) is 4.79 Å². The van der Waals surface area contributed by atoms with Crippen molar-refractivity contribution >= 4 is 45.1 Å². The number of nitrogens with one attached hydrogen (secondary N) is 3. The number of carbonyl (C=O) groups is 4. The molecule has 1 saturated heterocycles. The van der Waals surface area contributed by atoms with Crippen LogP contribution in [0.5, 0.6) is 6.01 Å². The fraction of sp³-hybridized carbons (Fsp3) is 0.619. The molecule has 6 rings (SSSR count). The lowest BCUT2D eigenvalue weighted by Crippen LogP contribution is -2.58. The van der Waals surface area contributed by atoms with Crippen LogP contribution in [0.15, 0.2) is 34.8 Å². The van der Waals surface area contributed by atoms with Crippen molar-refractivity contribution in [1.82, 2.24) is 39.1 Å². The molecule has 4 heterocycles. The van der Waals surface area contributed by atoms with Crippen LogP contribution < -0.4 is 20.1 Å². The first kappa shape index (κ1) is 44.6. The quantitative estimate of drug-likeness (QED) is 0.229. The summed E-state index contributed by atoms with van der Waals surface area (Å²) in [4.78, 5) is 67.3. The second kappa shape index (κ2) is 17.6. The van der Waals surface area contributed by atoms with E-state index in [2.05, 4.69) is 22.3 Å². The van der Waals surface area contributed by atoms with E-state index in [1.54, 1.807) is 20.8 Å². The van der Waals surface area contributed by atoms with E-state index in [1.807, 2.05) is 55.7 Å². The predicted octanol–water partition coefficient (Wildman–Crippen LogP) is 5.09. The van der Waals surface area contributed by atoms with Crippen LogP contribution in [0, 0.1) is 12.8 Å². The van der Waals surface area contributed by atoms with E-state index in [0.29, 0.717) is 36.2 Å². The van der Waals surface area contributed by atoms with E-state index in [-0.39, 0.29) is 31.4 Å². The van der Waals surface area contributed by atoms with E-state index in [1.165, 1.54) is 19.0 Å². The van der Waals surface area contributed by atoms with Gasteiger partial charge in [-0.1, -0.05) is 44.4 Å². The van der Waals surface area contributed by atoms with Crippen molar-refractivity contribution in [3.8, 4) is 17.5 Å². The first-order chi connectivity index (χ1) is 28.2. The van der Waals surface area contributed by atoms with E-state index in [4.69, 9.17) is 23.9 Å². The molecule has 4 amide bonds. The Morgan fingerprint density at radius 2 is 1.88 bits per heavy atom. The van der Waals surface area contributed by atoms with Gasteiger partial charge in [-0.25, -0.2) is 14.5 Å². The molecule has 17 nitrogen and oxygen atoms in total. The maximum absolute atomic E-state index is 14.7. The molecule has 60 heavy (non-hydrogen) atoms. The summed E-state index contributed by atoms with van der Waals surface area (Å²) in [6.45, 7) is 13.1. The van der Waals surface area contributed by atoms with Gasteiger partial charge in [-0.2, -0.15) is 17.7 Å². The van der Waals surface area contributed by atoms with Crippen LogP contribution in [-0.2, 0) is 35.8 Å². The Morgan fingerprint density at radius 3 is 2.57 bits per heavy atom. The maximum atomic E-state index is 14.7. The minimum Gasteiger partial charge on any atom is -0.459 e. The van der Waals surface area contributed by atoms with Gasteiger partial charge in [-0.15, -0.1) is 0 Å². The number of hydrogen-bond acceptors (Lipinski definition) is 11. The summed E-state index contributed by atoms with van der Waals surface area (Å²) in [5.74, 6) is -1.33. The van der Waals surface area contributed by atoms with Gasteiger partial charge in [0.2, 0.25) is 17.7 Å². The Labute approximate surface area is 352 Å². The average Bonchev–Trinajstić information content (AvgIpc) is 3.40. The molecule has 0 bridgehead atoms. The summed E-state index contributed by atoms with van der Waals surface area (Å²) >= 11 is 0. The molecule has 18 heteroatoms. The molecule has 2 aromatic heterocycles. The Hall–Kier alpha value is -4.97. The molecule has 328 valence electrons. The zero-order valence-electron chi connectivity index (χ0n) is 36.2. The van der Waals surface area contributed by atoms with Gasteiger partial charge in [-0.3, -0.25) is 19.0 Å². The van der Waals surface area contributed by atoms with E-state index in [9.17, 15) is 27.6 Å². The Balaban J connectivity index is 1.36. The van der Waals surface area contributed by atoms with Crippen LogP contribution >= 0.6 is 0 Å². The highest BCUT2D eigenvalue weighted by Gasteiger charge is 2.62. The largest absolute Gasteiger partial charge is 0.459 e. The van der Waals surface area contributed by atoms with Gasteiger partial charge in [0.15, 0.2) is 0 Å². The minimum atomic E-state index is -4.19. The van der Waals surface area contributed by atoms with E-state index in [0.717, 1.165) is 47.0 Å². The zero-order chi connectivity index (χ0) is 43.7. The molecule has 2 aliphatic heterocycles. The number of benzene rings is 1. The van der Waals surface area contributed by atoms with E-state index < -0.39 is 69.3 Å². The fourth-order valence-electron chi connectivity index (χ4n) is 7.93. The van der Waals surface area contributed by atoms with Crippen LogP contribution in [0.1, 0.15) is 110 Å². The molecule has 0 unspecified atom stereocenters. The second-order valence-electron chi connectivity index (χ2n) is 17.5. The van der Waals surface area contributed by atoms with Crippen LogP contribution in [0.3, 0.4) is 0 Å². The second-order valence-corrected chi connectivity index (χ2v) is 19.4. The van der Waals surface area contributed by atoms with Crippen LogP contribution in [0.2, 0.25) is 0 Å². The highest BCUT2D eigenvalue weighted by atomic mass is 32.2. The van der Waals surface area contributed by atoms with Gasteiger partial charge in [0.05, 0.1) is 23.3 Å². The molecule has 5 atom stereocenters. The third-order valence-electron chi connectivity index (χ3n) is 11.1. The van der Waals surface area contributed by atoms with Crippen molar-refractivity contribution in [2.24, 2.45) is 5.92 Å². The Bertz CT molecular complexity index is 2240. The molecule has 0 radical (unpaired) electrons. The van der Waals surface area contributed by atoms with E-state index >= 15 is 0 Å². The normalized spacial score (nSPS) is 24.6. The fourth-order valence-corrected chi connectivity index (χ4v) is 8.53. The number of para-hydroxylation sites is 1. The number of carbonyl (C=O) groups excluding carboxylic acids is 4. The molecule has 2 fully saturated rings. The van der Waals surface area contributed by atoms with Crippen molar-refractivity contribution in [2.45, 2.75) is 142 Å². The number of aryl methyl sites for hydroxylation is 2. The number of ether oxygens (including phenoxy) is 2. The van der Waals surface area contributed by atoms with Crippen molar-refractivity contribution < 1.29 is 41.5 Å². The number of allylic oxidation sites excluding steroid dienone is 1. The molecule has 1 aliphatic carbocycles. The van der Waals surface area contributed by atoms with Gasteiger partial charge in [-0.05, 0) is 85.8 Å². The lowest BCUT2D eigenvalue weighted by atomic mass is 10.0. The van der Waals surface area contributed by atoms with Crippen molar-refractivity contribution in [3.05, 3.63) is 41.8 Å². The molecule has 3 N–H and O–H groups in total. The average molecular weight is 853 g/mol. The Kier molecular flexibility index (Phi) is 13.0. The van der Waals surface area contributed by atoms with Gasteiger partial charge >= 0.3 is 16.3 Å². The summed E-state index contributed by atoms with van der Waals surface area (Å²) in [7, 11) is -1.60. The summed E-state index contributed by atoms with van der Waals surface area (Å²) < 4.78 is 48.8. The van der Waals surface area contributed by atoms with Gasteiger partial charge < -0.3 is 29.4 Å². The Morgan fingerprint density at radius 1 is 1.13 bits per heavy atom. The first-order valence-electron chi connectivity index (χ1n) is 20.9. The molecule has 3 aromatic rings. The van der Waals surface area contributed by atoms with Gasteiger partial charge in [0, 0.05) is 32.5 Å². The van der Waals surface area contributed by atoms with Crippen LogP contribution in [-0.4, -0.2) is 106 Å². The van der Waals surface area contributed by atoms with Gasteiger partial charge in [0.1, 0.15) is 40.6 Å². The number of amides is 4. The number of imidazole rings is 1. The maximum Gasteiger partial charge on any atom is 0.408 e. The topological polar surface area (TPSA) is 207 Å². The van der Waals surface area contributed by atoms with Crippen LogP contribution in [0.25, 0.3) is 22.5 Å². The number of alkyl carbamates (subject to hydrolysis) is 1. The number of oxazole rings is 1. The lowest BCUT2D eigenvalue weighted by molar-refractivity contribution is -0.141. The predicted molar refractivity (Wildman–Crippen MR) is 224 cm³/mol. The number of hydrogen-bond donors (Lipinski definition) is 3. The molecular weight excluding hydrogens is 793 g/mol. The third kappa shape index (κ3) is 9.64. The smallest absolute Gasteiger partial charge is 0.408 e. The summed E-state index contributed by atoms with van der Waals surface area (Å²) in [5, 5.41) is 5.63. The summed E-state index contributed by atoms with van der Waals surface area (Å²) in [6.07, 6.45) is 7.20. The molecule has 1 saturated carbocycles. The first-order valence-corrected chi connectivity index (χ1v) is 22.4. The number of rotatable bonds is 10. The van der Waals surface area contributed by atoms with Crippen molar-refractivity contribution in [2.75, 3.05) is 20.6 Å². The highest BCUT2D eigenvalue weighted by Crippen LogP contribution is 2.46. The van der Waals surface area contributed by atoms with Crippen molar-refractivity contribution in [1.29, 1.82) is 0 Å². The standard InChI is InChI=1S/C42H60N8O9S/c1-10-17-30-26(4)57-36(43-30)29-19-16-21-32-34(29)45-39(50(32)25(2)3)58-28-22-33-35(51)46-42(38(53)47-60(55,56)48(8)9)23-27(42)18-14-12-11-13-15-20-31(37(52)49(33)24-28)44-40(54)59-41(5,6)7/h14,16,18-19,21,25,27-28,31,33H,10-13,15,17,20,22-24H2,1-9H3,(H,44,54)(H,46,51)(H,47,53)/b18-14-/t27-,28-,31+,33+,42-/m1/s1. The summed E-state index contributed by atoms with van der Waals surface area (Å²) in [5.41, 5.74) is 0.572. The molecule has 0 spiro atoms. The minimum absolute atomic E-state index is 0.0123. The highest BCUT2D eigenvalue weighted by molar-refractivity contribution is 7.87. The molecular formula is C42H60N8O9S. The van der Waals surface area contributed by atoms with Crippen molar-refractivity contribution in [3.63, 3.8) is 0 Å². The number of nitrogens with zero attached hydrogens (tertiary/aromatic N) is 5. The SMILES string of the molecule is CCCc1nc(-c2cccc3c2nc(O[C@@H]2C[C@H]4C(=O)N[C@]5(C(=O)NS(=O)(=O)N(C)C)C[C@H]5/C=C\CCCCC[C@H](NC(=O)OC(C)(C)C)C(=O)N4C2)n3C(C)C)oc1C. The number of fused-ring (bicyclic) bond motifs is 3.